The molecular formula is C19H20N2O5. The van der Waals surface area contributed by atoms with Crippen molar-refractivity contribution in [2.75, 3.05) is 26.1 Å². The fourth-order valence-corrected chi connectivity index (χ4v) is 2.18. The number of benzene rings is 2. The first-order valence-corrected chi connectivity index (χ1v) is 7.89. The summed E-state index contributed by atoms with van der Waals surface area (Å²) in [5.74, 6) is -0.356. The van der Waals surface area contributed by atoms with Crippen molar-refractivity contribution in [3.8, 4) is 5.75 Å². The van der Waals surface area contributed by atoms with Crippen molar-refractivity contribution in [1.29, 1.82) is 0 Å². The molecule has 2 rings (SSSR count). The third kappa shape index (κ3) is 5.62. The van der Waals surface area contributed by atoms with E-state index in [0.717, 1.165) is 5.56 Å². The van der Waals surface area contributed by atoms with Crippen LogP contribution < -0.4 is 15.4 Å². The van der Waals surface area contributed by atoms with E-state index in [4.69, 9.17) is 4.74 Å². The minimum atomic E-state index is -0.450. The van der Waals surface area contributed by atoms with Crippen molar-refractivity contribution in [2.45, 2.75) is 6.42 Å². The summed E-state index contributed by atoms with van der Waals surface area (Å²) in [5.41, 5.74) is 1.73. The highest BCUT2D eigenvalue weighted by molar-refractivity contribution is 5.95. The van der Waals surface area contributed by atoms with Crippen molar-refractivity contribution in [1.82, 2.24) is 5.32 Å². The van der Waals surface area contributed by atoms with Gasteiger partial charge in [0.1, 0.15) is 5.75 Å². The van der Waals surface area contributed by atoms with E-state index in [-0.39, 0.29) is 24.8 Å². The zero-order chi connectivity index (χ0) is 18.9. The van der Waals surface area contributed by atoms with Gasteiger partial charge in [-0.2, -0.15) is 0 Å². The predicted octanol–water partition coefficient (Wildman–Crippen LogP) is 1.78. The highest BCUT2D eigenvalue weighted by Crippen LogP contribution is 2.12. The Morgan fingerprint density at radius 1 is 0.885 bits per heavy atom. The van der Waals surface area contributed by atoms with Gasteiger partial charge in [0.05, 0.1) is 32.7 Å². The molecule has 7 nitrogen and oxygen atoms in total. The van der Waals surface area contributed by atoms with Crippen molar-refractivity contribution in [3.63, 3.8) is 0 Å². The maximum absolute atomic E-state index is 11.9. The topological polar surface area (TPSA) is 93.7 Å². The summed E-state index contributed by atoms with van der Waals surface area (Å²) >= 11 is 0. The number of ether oxygens (including phenoxy) is 2. The van der Waals surface area contributed by atoms with Gasteiger partial charge in [0.15, 0.2) is 0 Å². The molecule has 0 heterocycles. The van der Waals surface area contributed by atoms with Crippen molar-refractivity contribution in [2.24, 2.45) is 0 Å². The summed E-state index contributed by atoms with van der Waals surface area (Å²) in [6, 6.07) is 13.4. The second kappa shape index (κ2) is 9.22. The number of carbonyl (C=O) groups is 3. The van der Waals surface area contributed by atoms with Crippen LogP contribution in [0.4, 0.5) is 5.69 Å². The number of carbonyl (C=O) groups excluding carboxylic acids is 3. The Labute approximate surface area is 151 Å². The van der Waals surface area contributed by atoms with Gasteiger partial charge >= 0.3 is 5.97 Å². The monoisotopic (exact) mass is 356 g/mol. The van der Waals surface area contributed by atoms with E-state index >= 15 is 0 Å². The maximum Gasteiger partial charge on any atom is 0.337 e. The number of amides is 2. The van der Waals surface area contributed by atoms with Crippen LogP contribution >= 0.6 is 0 Å². The van der Waals surface area contributed by atoms with Crippen LogP contribution in [0, 0.1) is 0 Å². The van der Waals surface area contributed by atoms with Crippen LogP contribution in [0.3, 0.4) is 0 Å². The van der Waals surface area contributed by atoms with Crippen LogP contribution in [0.1, 0.15) is 15.9 Å². The molecule has 0 aliphatic heterocycles. The van der Waals surface area contributed by atoms with Crippen molar-refractivity contribution < 1.29 is 23.9 Å². The van der Waals surface area contributed by atoms with Crippen molar-refractivity contribution >= 4 is 23.5 Å². The molecule has 0 fully saturated rings. The fourth-order valence-electron chi connectivity index (χ4n) is 2.18. The largest absolute Gasteiger partial charge is 0.497 e. The van der Waals surface area contributed by atoms with Gasteiger partial charge in [-0.05, 0) is 42.0 Å². The van der Waals surface area contributed by atoms with Gasteiger partial charge < -0.3 is 20.1 Å². The molecule has 0 radical (unpaired) electrons. The Morgan fingerprint density at radius 3 is 2.12 bits per heavy atom. The zero-order valence-corrected chi connectivity index (χ0v) is 14.6. The molecule has 2 aromatic carbocycles. The van der Waals surface area contributed by atoms with Gasteiger partial charge in [-0.3, -0.25) is 9.59 Å². The third-order valence-corrected chi connectivity index (χ3v) is 3.56. The SMILES string of the molecule is COC(=O)c1ccc(NC(=O)CNC(=O)Cc2ccc(OC)cc2)cc1. The summed E-state index contributed by atoms with van der Waals surface area (Å²) in [6.07, 6.45) is 0.172. The molecule has 2 N–H and O–H groups in total. The first-order valence-electron chi connectivity index (χ1n) is 7.89. The van der Waals surface area contributed by atoms with Crippen LogP contribution in [0.5, 0.6) is 5.75 Å². The van der Waals surface area contributed by atoms with E-state index in [0.29, 0.717) is 17.0 Å². The molecular weight excluding hydrogens is 336 g/mol. The fraction of sp³-hybridized carbons (Fsp3) is 0.211. The van der Waals surface area contributed by atoms with Gasteiger partial charge in [0.25, 0.3) is 0 Å². The van der Waals surface area contributed by atoms with Gasteiger partial charge in [0.2, 0.25) is 11.8 Å². The Morgan fingerprint density at radius 2 is 1.54 bits per heavy atom. The minimum absolute atomic E-state index is 0.145. The number of esters is 1. The van der Waals surface area contributed by atoms with Crippen LogP contribution in [0.2, 0.25) is 0 Å². The molecule has 0 atom stereocenters. The molecule has 0 aliphatic carbocycles. The number of rotatable bonds is 7. The molecule has 2 amide bonds. The smallest absolute Gasteiger partial charge is 0.337 e. The zero-order valence-electron chi connectivity index (χ0n) is 14.6. The lowest BCUT2D eigenvalue weighted by atomic mass is 10.1. The predicted molar refractivity (Wildman–Crippen MR) is 96.1 cm³/mol. The van der Waals surface area contributed by atoms with E-state index in [2.05, 4.69) is 15.4 Å². The lowest BCUT2D eigenvalue weighted by molar-refractivity contribution is -0.123. The summed E-state index contributed by atoms with van der Waals surface area (Å²) in [4.78, 5) is 35.1. The van der Waals surface area contributed by atoms with Gasteiger partial charge in [-0.1, -0.05) is 12.1 Å². The lowest BCUT2D eigenvalue weighted by Gasteiger charge is -2.08. The molecule has 0 bridgehead atoms. The third-order valence-electron chi connectivity index (χ3n) is 3.56. The summed E-state index contributed by atoms with van der Waals surface area (Å²) < 4.78 is 9.66. The average molecular weight is 356 g/mol. The van der Waals surface area contributed by atoms with E-state index in [1.165, 1.54) is 7.11 Å². The summed E-state index contributed by atoms with van der Waals surface area (Å²) in [5, 5.41) is 5.20. The standard InChI is InChI=1S/C19H20N2O5/c1-25-16-9-3-13(4-10-16)11-17(22)20-12-18(23)21-15-7-5-14(6-8-15)19(24)26-2/h3-10H,11-12H2,1-2H3,(H,20,22)(H,21,23). The molecule has 7 heteroatoms. The molecule has 0 saturated carbocycles. The lowest BCUT2D eigenvalue weighted by Crippen LogP contribution is -2.33. The molecule has 2 aromatic rings. The first-order chi connectivity index (χ1) is 12.5. The quantitative estimate of drug-likeness (QED) is 0.738. The van der Waals surface area contributed by atoms with Crippen LogP contribution in [0.25, 0.3) is 0 Å². The van der Waals surface area contributed by atoms with E-state index in [9.17, 15) is 14.4 Å². The van der Waals surface area contributed by atoms with Crippen LogP contribution in [0.15, 0.2) is 48.5 Å². The summed E-state index contributed by atoms with van der Waals surface area (Å²) in [6.45, 7) is -0.145. The second-order valence-electron chi connectivity index (χ2n) is 5.42. The van der Waals surface area contributed by atoms with Gasteiger partial charge in [-0.25, -0.2) is 4.79 Å². The highest BCUT2D eigenvalue weighted by Gasteiger charge is 2.09. The maximum atomic E-state index is 11.9. The van der Waals surface area contributed by atoms with Crippen LogP contribution in [-0.2, 0) is 20.7 Å². The molecule has 0 aliphatic rings. The molecule has 26 heavy (non-hydrogen) atoms. The van der Waals surface area contributed by atoms with E-state index < -0.39 is 5.97 Å². The van der Waals surface area contributed by atoms with Crippen molar-refractivity contribution in [3.05, 3.63) is 59.7 Å². The number of hydrogen-bond donors (Lipinski definition) is 2. The molecule has 136 valence electrons. The van der Waals surface area contributed by atoms with E-state index in [1.54, 1.807) is 55.6 Å². The molecule has 0 unspecified atom stereocenters. The van der Waals surface area contributed by atoms with Gasteiger partial charge in [0, 0.05) is 5.69 Å². The molecule has 0 aromatic heterocycles. The summed E-state index contributed by atoms with van der Waals surface area (Å²) in [7, 11) is 2.87. The number of nitrogens with one attached hydrogen (secondary N) is 2. The van der Waals surface area contributed by atoms with Gasteiger partial charge in [-0.15, -0.1) is 0 Å². The average Bonchev–Trinajstić information content (AvgIpc) is 2.67. The minimum Gasteiger partial charge on any atom is -0.497 e. The Hall–Kier alpha value is -3.35. The number of hydrogen-bond acceptors (Lipinski definition) is 5. The Balaban J connectivity index is 1.78. The number of anilines is 1. The van der Waals surface area contributed by atoms with E-state index in [1.807, 2.05) is 0 Å². The first kappa shape index (κ1) is 19.0. The highest BCUT2D eigenvalue weighted by atomic mass is 16.5. The number of methoxy groups -OCH3 is 2. The second-order valence-corrected chi connectivity index (χ2v) is 5.42. The molecule has 0 saturated heterocycles. The molecule has 0 spiro atoms. The Bertz CT molecular complexity index is 770. The van der Waals surface area contributed by atoms with Crippen LogP contribution in [-0.4, -0.2) is 38.5 Å². The normalized spacial score (nSPS) is 9.92. The Kier molecular flexibility index (Phi) is 6.73.